The number of rotatable bonds is 3. The SMILES string of the molecule is COc1ccccc1-c1cnn(C(=O)N[C@@H]2C3CCN(CC3)[C@H]2C)c1. The highest BCUT2D eigenvalue weighted by molar-refractivity contribution is 5.78. The molecule has 25 heavy (non-hydrogen) atoms. The molecule has 4 heterocycles. The van der Waals surface area contributed by atoms with E-state index in [4.69, 9.17) is 4.74 Å². The Hall–Kier alpha value is -2.34. The van der Waals surface area contributed by atoms with Crippen molar-refractivity contribution in [2.24, 2.45) is 5.92 Å². The third-order valence-corrected chi connectivity index (χ3v) is 5.68. The van der Waals surface area contributed by atoms with Crippen molar-refractivity contribution in [3.63, 3.8) is 0 Å². The highest BCUT2D eigenvalue weighted by Crippen LogP contribution is 2.32. The van der Waals surface area contributed by atoms with Crippen molar-refractivity contribution >= 4 is 6.03 Å². The van der Waals surface area contributed by atoms with Crippen LogP contribution in [-0.2, 0) is 0 Å². The van der Waals surface area contributed by atoms with Crippen LogP contribution in [-0.4, -0.2) is 53.0 Å². The molecule has 0 spiro atoms. The zero-order chi connectivity index (χ0) is 17.4. The number of fused-ring (bicyclic) bond motifs is 3. The summed E-state index contributed by atoms with van der Waals surface area (Å²) >= 11 is 0. The molecule has 6 heteroatoms. The monoisotopic (exact) mass is 340 g/mol. The zero-order valence-electron chi connectivity index (χ0n) is 14.7. The number of piperidine rings is 3. The molecule has 132 valence electrons. The first-order valence-corrected chi connectivity index (χ1v) is 8.90. The Labute approximate surface area is 147 Å². The first kappa shape index (κ1) is 16.1. The van der Waals surface area contributed by atoms with Crippen LogP contribution in [0.1, 0.15) is 19.8 Å². The summed E-state index contributed by atoms with van der Waals surface area (Å²) < 4.78 is 6.79. The van der Waals surface area contributed by atoms with Gasteiger partial charge in [0.2, 0.25) is 0 Å². The van der Waals surface area contributed by atoms with Gasteiger partial charge in [-0.15, -0.1) is 0 Å². The Bertz CT molecular complexity index is 762. The molecule has 3 aliphatic rings. The maximum absolute atomic E-state index is 12.7. The molecule has 0 unspecified atom stereocenters. The maximum Gasteiger partial charge on any atom is 0.342 e. The molecule has 1 N–H and O–H groups in total. The topological polar surface area (TPSA) is 59.4 Å². The number of nitrogens with zero attached hydrogens (tertiary/aromatic N) is 3. The van der Waals surface area contributed by atoms with E-state index in [1.54, 1.807) is 19.5 Å². The molecular weight excluding hydrogens is 316 g/mol. The fraction of sp³-hybridized carbons (Fsp3) is 0.474. The lowest BCUT2D eigenvalue weighted by molar-refractivity contribution is 0.0266. The second-order valence-corrected chi connectivity index (χ2v) is 6.96. The van der Waals surface area contributed by atoms with E-state index >= 15 is 0 Å². The normalized spacial score (nSPS) is 27.9. The van der Waals surface area contributed by atoms with Crippen molar-refractivity contribution in [2.75, 3.05) is 20.2 Å². The van der Waals surface area contributed by atoms with Gasteiger partial charge in [-0.1, -0.05) is 18.2 Å². The van der Waals surface area contributed by atoms with Gasteiger partial charge >= 0.3 is 6.03 Å². The quantitative estimate of drug-likeness (QED) is 0.933. The molecule has 0 aliphatic carbocycles. The number of hydrogen-bond acceptors (Lipinski definition) is 4. The highest BCUT2D eigenvalue weighted by atomic mass is 16.5. The minimum absolute atomic E-state index is 0.160. The van der Waals surface area contributed by atoms with Crippen LogP contribution in [0.5, 0.6) is 5.75 Å². The summed E-state index contributed by atoms with van der Waals surface area (Å²) in [5.74, 6) is 1.35. The summed E-state index contributed by atoms with van der Waals surface area (Å²) in [6.45, 7) is 4.51. The van der Waals surface area contributed by atoms with Gasteiger partial charge in [-0.05, 0) is 44.8 Å². The van der Waals surface area contributed by atoms with Crippen molar-refractivity contribution < 1.29 is 9.53 Å². The number of hydrogen-bond donors (Lipinski definition) is 1. The van der Waals surface area contributed by atoms with Gasteiger partial charge in [-0.25, -0.2) is 4.79 Å². The molecule has 2 atom stereocenters. The molecular formula is C19H24N4O2. The number of carbonyl (C=O) groups excluding carboxylic acids is 1. The smallest absolute Gasteiger partial charge is 0.342 e. The number of aromatic nitrogens is 2. The molecule has 3 aliphatic heterocycles. The van der Waals surface area contributed by atoms with E-state index in [1.165, 1.54) is 17.5 Å². The average molecular weight is 340 g/mol. The lowest BCUT2D eigenvalue weighted by Crippen LogP contribution is -2.62. The predicted octanol–water partition coefficient (Wildman–Crippen LogP) is 2.60. The summed E-state index contributed by atoms with van der Waals surface area (Å²) in [7, 11) is 1.64. The molecule has 3 fully saturated rings. The molecule has 0 saturated carbocycles. The molecule has 1 aromatic heterocycles. The van der Waals surface area contributed by atoms with E-state index in [2.05, 4.69) is 22.2 Å². The van der Waals surface area contributed by atoms with Crippen molar-refractivity contribution in [1.29, 1.82) is 0 Å². The Morgan fingerprint density at radius 1 is 1.28 bits per heavy atom. The van der Waals surface area contributed by atoms with Crippen molar-refractivity contribution in [1.82, 2.24) is 20.0 Å². The largest absolute Gasteiger partial charge is 0.496 e. The molecule has 6 nitrogen and oxygen atoms in total. The predicted molar refractivity (Wildman–Crippen MR) is 95.7 cm³/mol. The van der Waals surface area contributed by atoms with Crippen LogP contribution < -0.4 is 10.1 Å². The first-order valence-electron chi connectivity index (χ1n) is 8.90. The number of amides is 1. The number of carbonyl (C=O) groups is 1. The van der Waals surface area contributed by atoms with E-state index in [0.29, 0.717) is 12.0 Å². The van der Waals surface area contributed by atoms with Crippen LogP contribution in [0.25, 0.3) is 11.1 Å². The van der Waals surface area contributed by atoms with Crippen molar-refractivity contribution in [3.8, 4) is 16.9 Å². The van der Waals surface area contributed by atoms with Crippen LogP contribution in [0.15, 0.2) is 36.7 Å². The van der Waals surface area contributed by atoms with E-state index < -0.39 is 0 Å². The molecule has 5 rings (SSSR count). The molecule has 1 aromatic carbocycles. The summed E-state index contributed by atoms with van der Waals surface area (Å²) in [6, 6.07) is 8.18. The van der Waals surface area contributed by atoms with E-state index in [1.807, 2.05) is 24.3 Å². The highest BCUT2D eigenvalue weighted by Gasteiger charge is 2.40. The van der Waals surface area contributed by atoms with Gasteiger partial charge < -0.3 is 10.1 Å². The van der Waals surface area contributed by atoms with Crippen molar-refractivity contribution in [3.05, 3.63) is 36.7 Å². The van der Waals surface area contributed by atoms with Crippen LogP contribution in [0.4, 0.5) is 4.79 Å². The van der Waals surface area contributed by atoms with Crippen LogP contribution in [0.2, 0.25) is 0 Å². The first-order chi connectivity index (χ1) is 12.2. The third kappa shape index (κ3) is 2.91. The van der Waals surface area contributed by atoms with E-state index in [0.717, 1.165) is 30.0 Å². The second kappa shape index (κ2) is 6.52. The van der Waals surface area contributed by atoms with E-state index in [9.17, 15) is 4.79 Å². The van der Waals surface area contributed by atoms with Gasteiger partial charge in [-0.3, -0.25) is 4.90 Å². The van der Waals surface area contributed by atoms with Gasteiger partial charge in [0.15, 0.2) is 0 Å². The van der Waals surface area contributed by atoms with Gasteiger partial charge in [0.25, 0.3) is 0 Å². The average Bonchev–Trinajstić information content (AvgIpc) is 3.15. The fourth-order valence-corrected chi connectivity index (χ4v) is 4.21. The van der Waals surface area contributed by atoms with Crippen LogP contribution in [0, 0.1) is 5.92 Å². The third-order valence-electron chi connectivity index (χ3n) is 5.68. The minimum Gasteiger partial charge on any atom is -0.496 e. The number of benzene rings is 1. The molecule has 1 amide bonds. The molecule has 2 aromatic rings. The number of para-hydroxylation sites is 1. The summed E-state index contributed by atoms with van der Waals surface area (Å²) in [6.07, 6.45) is 5.80. The zero-order valence-corrected chi connectivity index (χ0v) is 14.7. The second-order valence-electron chi connectivity index (χ2n) is 6.96. The summed E-state index contributed by atoms with van der Waals surface area (Å²) in [5, 5.41) is 7.45. The number of nitrogens with one attached hydrogen (secondary N) is 1. The molecule has 2 bridgehead atoms. The van der Waals surface area contributed by atoms with Gasteiger partial charge in [-0.2, -0.15) is 9.78 Å². The number of methoxy groups -OCH3 is 1. The van der Waals surface area contributed by atoms with E-state index in [-0.39, 0.29) is 12.1 Å². The number of ether oxygens (including phenoxy) is 1. The molecule has 3 saturated heterocycles. The van der Waals surface area contributed by atoms with Gasteiger partial charge in [0.05, 0.1) is 13.3 Å². The standard InChI is InChI=1S/C19H24N4O2/c1-13-18(14-7-9-22(13)10-8-14)21-19(24)23-12-15(11-20-23)16-5-3-4-6-17(16)25-2/h3-6,11-14,18H,7-10H2,1-2H3,(H,21,24)/t13-,18-/m0/s1. The Morgan fingerprint density at radius 2 is 2.04 bits per heavy atom. The fourth-order valence-electron chi connectivity index (χ4n) is 4.21. The van der Waals surface area contributed by atoms with Gasteiger partial charge in [0, 0.05) is 29.4 Å². The Balaban J connectivity index is 1.51. The van der Waals surface area contributed by atoms with Gasteiger partial charge in [0.1, 0.15) is 5.75 Å². The van der Waals surface area contributed by atoms with Crippen molar-refractivity contribution in [2.45, 2.75) is 31.8 Å². The Morgan fingerprint density at radius 3 is 2.76 bits per heavy atom. The summed E-state index contributed by atoms with van der Waals surface area (Å²) in [5.41, 5.74) is 1.80. The Kier molecular flexibility index (Phi) is 4.21. The molecule has 0 radical (unpaired) electrons. The summed E-state index contributed by atoms with van der Waals surface area (Å²) in [4.78, 5) is 15.1. The lowest BCUT2D eigenvalue weighted by atomic mass is 9.79. The maximum atomic E-state index is 12.7. The van der Waals surface area contributed by atoms with Crippen LogP contribution >= 0.6 is 0 Å². The minimum atomic E-state index is -0.160. The van der Waals surface area contributed by atoms with Crippen LogP contribution in [0.3, 0.4) is 0 Å². The lowest BCUT2D eigenvalue weighted by Gasteiger charge is -2.49.